The standard InChI is InChI=1S/C19H26N4/c1-14-13-18(22-17-11-7-4-8-12-17)23-19(20-14)21-15(2)16-9-5-3-6-10-16/h3,5-6,9-10,13,15,17H,4,7-8,11-12H2,1-2H3,(H2,20,21,22,23)/t15-/m0/s1. The number of hydrogen-bond acceptors (Lipinski definition) is 4. The lowest BCUT2D eigenvalue weighted by Gasteiger charge is -2.24. The van der Waals surface area contributed by atoms with E-state index >= 15 is 0 Å². The highest BCUT2D eigenvalue weighted by Crippen LogP contribution is 2.22. The van der Waals surface area contributed by atoms with Gasteiger partial charge in [-0.25, -0.2) is 4.98 Å². The zero-order valence-electron chi connectivity index (χ0n) is 14.0. The summed E-state index contributed by atoms with van der Waals surface area (Å²) in [7, 11) is 0. The summed E-state index contributed by atoms with van der Waals surface area (Å²) in [6.07, 6.45) is 6.48. The number of aromatic nitrogens is 2. The molecule has 1 aromatic heterocycles. The highest BCUT2D eigenvalue weighted by molar-refractivity contribution is 5.44. The van der Waals surface area contributed by atoms with Crippen LogP contribution in [0, 0.1) is 6.92 Å². The van der Waals surface area contributed by atoms with E-state index in [4.69, 9.17) is 0 Å². The Labute approximate surface area is 138 Å². The molecule has 0 aliphatic heterocycles. The van der Waals surface area contributed by atoms with Crippen LogP contribution in [-0.2, 0) is 0 Å². The summed E-state index contributed by atoms with van der Waals surface area (Å²) in [6, 6.07) is 13.2. The van der Waals surface area contributed by atoms with Gasteiger partial charge in [-0.2, -0.15) is 4.98 Å². The van der Waals surface area contributed by atoms with Gasteiger partial charge in [0.15, 0.2) is 0 Å². The Balaban J connectivity index is 1.69. The molecule has 0 amide bonds. The fourth-order valence-electron chi connectivity index (χ4n) is 3.18. The Morgan fingerprint density at radius 3 is 2.52 bits per heavy atom. The third-order valence-corrected chi connectivity index (χ3v) is 4.46. The lowest BCUT2D eigenvalue weighted by molar-refractivity contribution is 0.462. The molecule has 1 fully saturated rings. The van der Waals surface area contributed by atoms with Crippen molar-refractivity contribution in [1.82, 2.24) is 9.97 Å². The van der Waals surface area contributed by atoms with Gasteiger partial charge in [0.1, 0.15) is 5.82 Å². The van der Waals surface area contributed by atoms with Gasteiger partial charge in [0.25, 0.3) is 0 Å². The molecule has 4 nitrogen and oxygen atoms in total. The zero-order valence-corrected chi connectivity index (χ0v) is 14.0. The Morgan fingerprint density at radius 2 is 1.78 bits per heavy atom. The van der Waals surface area contributed by atoms with Gasteiger partial charge in [-0.3, -0.25) is 0 Å². The van der Waals surface area contributed by atoms with Crippen LogP contribution in [0.5, 0.6) is 0 Å². The molecule has 0 unspecified atom stereocenters. The van der Waals surface area contributed by atoms with Gasteiger partial charge in [0.05, 0.1) is 6.04 Å². The van der Waals surface area contributed by atoms with E-state index in [9.17, 15) is 0 Å². The van der Waals surface area contributed by atoms with E-state index in [-0.39, 0.29) is 6.04 Å². The topological polar surface area (TPSA) is 49.8 Å². The molecule has 1 heterocycles. The molecule has 0 radical (unpaired) electrons. The predicted molar refractivity (Wildman–Crippen MR) is 95.7 cm³/mol. The molecule has 0 saturated heterocycles. The maximum absolute atomic E-state index is 4.66. The number of rotatable bonds is 5. The van der Waals surface area contributed by atoms with E-state index in [0.29, 0.717) is 12.0 Å². The smallest absolute Gasteiger partial charge is 0.225 e. The Bertz CT molecular complexity index is 621. The van der Waals surface area contributed by atoms with Crippen molar-refractivity contribution in [1.29, 1.82) is 0 Å². The predicted octanol–water partition coefficient (Wildman–Crippen LogP) is 4.70. The van der Waals surface area contributed by atoms with Crippen LogP contribution in [0.3, 0.4) is 0 Å². The lowest BCUT2D eigenvalue weighted by Crippen LogP contribution is -2.23. The van der Waals surface area contributed by atoms with Crippen molar-refractivity contribution >= 4 is 11.8 Å². The number of benzene rings is 1. The summed E-state index contributed by atoms with van der Waals surface area (Å²) in [5, 5.41) is 7.00. The quantitative estimate of drug-likeness (QED) is 0.840. The van der Waals surface area contributed by atoms with Gasteiger partial charge < -0.3 is 10.6 Å². The van der Waals surface area contributed by atoms with Crippen molar-refractivity contribution in [3.05, 3.63) is 47.7 Å². The van der Waals surface area contributed by atoms with E-state index in [2.05, 4.69) is 51.8 Å². The molecule has 2 N–H and O–H groups in total. The van der Waals surface area contributed by atoms with Crippen LogP contribution < -0.4 is 10.6 Å². The molecule has 1 aliphatic rings. The number of nitrogens with zero attached hydrogens (tertiary/aromatic N) is 2. The molecule has 0 spiro atoms. The maximum Gasteiger partial charge on any atom is 0.225 e. The number of anilines is 2. The number of aryl methyl sites for hydroxylation is 1. The summed E-state index contributed by atoms with van der Waals surface area (Å²) < 4.78 is 0. The molecule has 4 heteroatoms. The Hall–Kier alpha value is -2.10. The first-order valence-electron chi connectivity index (χ1n) is 8.64. The normalized spacial score (nSPS) is 16.8. The molecule has 2 aromatic rings. The van der Waals surface area contributed by atoms with Crippen molar-refractivity contribution in [2.24, 2.45) is 0 Å². The van der Waals surface area contributed by atoms with Crippen molar-refractivity contribution in [2.75, 3.05) is 10.6 Å². The second-order valence-electron chi connectivity index (χ2n) is 6.47. The Kier molecular flexibility index (Phi) is 5.11. The van der Waals surface area contributed by atoms with Crippen molar-refractivity contribution < 1.29 is 0 Å². The van der Waals surface area contributed by atoms with Crippen LogP contribution in [-0.4, -0.2) is 16.0 Å². The molecule has 0 bridgehead atoms. The number of hydrogen-bond donors (Lipinski definition) is 2. The molecule has 1 aromatic carbocycles. The third kappa shape index (κ3) is 4.44. The average molecular weight is 310 g/mol. The maximum atomic E-state index is 4.66. The molecule has 122 valence electrons. The molecular formula is C19H26N4. The van der Waals surface area contributed by atoms with Crippen LogP contribution in [0.2, 0.25) is 0 Å². The summed E-state index contributed by atoms with van der Waals surface area (Å²) >= 11 is 0. The van der Waals surface area contributed by atoms with Gasteiger partial charge in [0.2, 0.25) is 5.95 Å². The average Bonchev–Trinajstić information content (AvgIpc) is 2.56. The lowest BCUT2D eigenvalue weighted by atomic mass is 9.95. The summed E-state index contributed by atoms with van der Waals surface area (Å²) in [5.41, 5.74) is 2.22. The summed E-state index contributed by atoms with van der Waals surface area (Å²) in [5.74, 6) is 1.63. The fraction of sp³-hybridized carbons (Fsp3) is 0.474. The first-order valence-corrected chi connectivity index (χ1v) is 8.64. The summed E-state index contributed by atoms with van der Waals surface area (Å²) in [6.45, 7) is 4.15. The second kappa shape index (κ2) is 7.44. The SMILES string of the molecule is Cc1cc(NC2CCCCC2)nc(N[C@@H](C)c2ccccc2)n1. The minimum Gasteiger partial charge on any atom is -0.367 e. The number of nitrogens with one attached hydrogen (secondary N) is 2. The van der Waals surface area contributed by atoms with Crippen LogP contribution in [0.4, 0.5) is 11.8 Å². The molecular weight excluding hydrogens is 284 g/mol. The molecule has 3 rings (SSSR count). The van der Waals surface area contributed by atoms with Crippen molar-refractivity contribution in [3.8, 4) is 0 Å². The first kappa shape index (κ1) is 15.8. The van der Waals surface area contributed by atoms with E-state index in [1.165, 1.54) is 37.7 Å². The van der Waals surface area contributed by atoms with Crippen LogP contribution in [0.25, 0.3) is 0 Å². The highest BCUT2D eigenvalue weighted by Gasteiger charge is 2.14. The van der Waals surface area contributed by atoms with Gasteiger partial charge in [-0.15, -0.1) is 0 Å². The largest absolute Gasteiger partial charge is 0.367 e. The molecule has 1 atom stereocenters. The van der Waals surface area contributed by atoms with Gasteiger partial charge >= 0.3 is 0 Å². The van der Waals surface area contributed by atoms with Gasteiger partial charge in [-0.1, -0.05) is 49.6 Å². The van der Waals surface area contributed by atoms with Crippen LogP contribution in [0.1, 0.15) is 56.3 Å². The molecule has 1 saturated carbocycles. The van der Waals surface area contributed by atoms with Crippen LogP contribution in [0.15, 0.2) is 36.4 Å². The summed E-state index contributed by atoms with van der Waals surface area (Å²) in [4.78, 5) is 9.19. The zero-order chi connectivity index (χ0) is 16.1. The first-order chi connectivity index (χ1) is 11.2. The Morgan fingerprint density at radius 1 is 1.04 bits per heavy atom. The highest BCUT2D eigenvalue weighted by atomic mass is 15.2. The van der Waals surface area contributed by atoms with E-state index < -0.39 is 0 Å². The third-order valence-electron chi connectivity index (χ3n) is 4.46. The van der Waals surface area contributed by atoms with E-state index in [0.717, 1.165) is 11.5 Å². The monoisotopic (exact) mass is 310 g/mol. The van der Waals surface area contributed by atoms with Crippen LogP contribution >= 0.6 is 0 Å². The van der Waals surface area contributed by atoms with E-state index in [1.807, 2.05) is 19.1 Å². The van der Waals surface area contributed by atoms with Crippen molar-refractivity contribution in [2.45, 2.75) is 58.0 Å². The second-order valence-corrected chi connectivity index (χ2v) is 6.47. The minimum absolute atomic E-state index is 0.181. The van der Waals surface area contributed by atoms with Crippen molar-refractivity contribution in [3.63, 3.8) is 0 Å². The fourth-order valence-corrected chi connectivity index (χ4v) is 3.18. The van der Waals surface area contributed by atoms with Gasteiger partial charge in [0, 0.05) is 17.8 Å². The molecule has 23 heavy (non-hydrogen) atoms. The van der Waals surface area contributed by atoms with E-state index in [1.54, 1.807) is 0 Å². The minimum atomic E-state index is 0.181. The molecule has 1 aliphatic carbocycles. The van der Waals surface area contributed by atoms with Gasteiger partial charge in [-0.05, 0) is 32.3 Å².